The van der Waals surface area contributed by atoms with Crippen LogP contribution >= 0.6 is 0 Å². The van der Waals surface area contributed by atoms with Crippen molar-refractivity contribution in [2.24, 2.45) is 5.41 Å². The summed E-state index contributed by atoms with van der Waals surface area (Å²) in [6.07, 6.45) is 21.6. The van der Waals surface area contributed by atoms with Gasteiger partial charge in [0.1, 0.15) is 0 Å². The van der Waals surface area contributed by atoms with Crippen LogP contribution in [0.1, 0.15) is 102 Å². The van der Waals surface area contributed by atoms with Crippen molar-refractivity contribution in [3.8, 4) is 11.1 Å². The Morgan fingerprint density at radius 3 is 2.03 bits per heavy atom. The summed E-state index contributed by atoms with van der Waals surface area (Å²) in [7, 11) is 0. The summed E-state index contributed by atoms with van der Waals surface area (Å²) in [6, 6.07) is 14.1. The van der Waals surface area contributed by atoms with Crippen LogP contribution in [-0.2, 0) is 30.7 Å². The van der Waals surface area contributed by atoms with Gasteiger partial charge in [0.15, 0.2) is 0 Å². The van der Waals surface area contributed by atoms with Gasteiger partial charge in [-0.05, 0) is 12.0 Å². The van der Waals surface area contributed by atoms with E-state index in [0.29, 0.717) is 5.41 Å². The minimum atomic E-state index is 0. The molecule has 0 radical (unpaired) electrons. The van der Waals surface area contributed by atoms with Crippen molar-refractivity contribution in [2.75, 3.05) is 0 Å². The molecule has 38 heavy (non-hydrogen) atoms. The first-order valence-electron chi connectivity index (χ1n) is 13.5. The SMILES string of the molecule is C=Cc1c[c-]c2c(c1)-c1cc(C=C)ccc1C2.CC(C)(C)C1=CC[C-]=C1.CCCC[C](=[Zr+2])CCCC.[Cl-].[Cl-]. The van der Waals surface area contributed by atoms with Crippen molar-refractivity contribution in [3.63, 3.8) is 0 Å². The monoisotopic (exact) mass is 624 g/mol. The van der Waals surface area contributed by atoms with E-state index in [0.717, 1.165) is 18.4 Å². The van der Waals surface area contributed by atoms with Gasteiger partial charge in [-0.25, -0.2) is 6.08 Å². The Hall–Kier alpha value is -1.27. The van der Waals surface area contributed by atoms with Gasteiger partial charge in [0.05, 0.1) is 0 Å². The van der Waals surface area contributed by atoms with Crippen molar-refractivity contribution in [2.45, 2.75) is 86.0 Å². The maximum absolute atomic E-state index is 3.82. The predicted molar refractivity (Wildman–Crippen MR) is 158 cm³/mol. The van der Waals surface area contributed by atoms with E-state index in [1.54, 1.807) is 27.4 Å². The average Bonchev–Trinajstić information content (AvgIpc) is 3.54. The van der Waals surface area contributed by atoms with Gasteiger partial charge in [-0.15, -0.1) is 30.2 Å². The Balaban J connectivity index is 0.000000569. The van der Waals surface area contributed by atoms with Crippen LogP contribution in [0.2, 0.25) is 0 Å². The van der Waals surface area contributed by atoms with Crippen molar-refractivity contribution in [3.05, 3.63) is 95.6 Å². The molecule has 0 N–H and O–H groups in total. The molecule has 0 unspecified atom stereocenters. The van der Waals surface area contributed by atoms with Gasteiger partial charge in [-0.3, -0.25) is 6.08 Å². The summed E-state index contributed by atoms with van der Waals surface area (Å²) >= 11 is 1.67. The summed E-state index contributed by atoms with van der Waals surface area (Å²) in [5, 5.41) is 0. The van der Waals surface area contributed by atoms with E-state index in [1.165, 1.54) is 71.9 Å². The molecule has 0 heterocycles. The molecule has 0 aliphatic heterocycles. The molecule has 0 fully saturated rings. The summed E-state index contributed by atoms with van der Waals surface area (Å²) < 4.78 is 1.79. The smallest absolute Gasteiger partial charge is 1.00 e. The van der Waals surface area contributed by atoms with Crippen LogP contribution in [0, 0.1) is 17.6 Å². The van der Waals surface area contributed by atoms with E-state index in [9.17, 15) is 0 Å². The Morgan fingerprint density at radius 2 is 1.55 bits per heavy atom. The molecule has 0 aromatic heterocycles. The first-order valence-corrected chi connectivity index (χ1v) is 14.7. The maximum Gasteiger partial charge on any atom is -1.00 e. The third kappa shape index (κ3) is 11.9. The zero-order valence-electron chi connectivity index (χ0n) is 24.0. The van der Waals surface area contributed by atoms with Gasteiger partial charge >= 0.3 is 79.8 Å². The number of allylic oxidation sites excluding steroid dienone is 4. The molecular formula is C35H44Cl2Zr-2. The van der Waals surface area contributed by atoms with Crippen LogP contribution in [-0.4, -0.2) is 3.21 Å². The number of benzene rings is 2. The van der Waals surface area contributed by atoms with E-state index >= 15 is 0 Å². The number of hydrogen-bond donors (Lipinski definition) is 0. The molecule has 204 valence electrons. The summed E-state index contributed by atoms with van der Waals surface area (Å²) in [6.45, 7) is 18.8. The standard InChI is InChI=1S/C17H13.C9H13.C9H18.2ClH.Zr/c1-3-12-5-7-14-11-15-8-6-13(4-2)10-17(15)16(14)9-12;1-9(2,3)8-6-4-5-7-8;1-3-5-7-9-8-6-4-2;;;/h3-7,9-10H,1-2,11H2;6-7H,4H2,1-3H3;3-8H2,1-2H3;2*1H;/q2*-1;;;;+2/p-2. The van der Waals surface area contributed by atoms with E-state index < -0.39 is 0 Å². The predicted octanol–water partition coefficient (Wildman–Crippen LogP) is 4.16. The second-order valence-corrected chi connectivity index (χ2v) is 12.3. The van der Waals surface area contributed by atoms with Gasteiger partial charge in [-0.1, -0.05) is 68.2 Å². The number of rotatable bonds is 8. The minimum Gasteiger partial charge on any atom is -1.00 e. The number of unbranched alkanes of at least 4 members (excludes halogenated alkanes) is 2. The van der Waals surface area contributed by atoms with E-state index in [1.807, 2.05) is 18.2 Å². The quantitative estimate of drug-likeness (QED) is 0.330. The van der Waals surface area contributed by atoms with E-state index in [2.05, 4.69) is 96.3 Å². The molecule has 0 amide bonds. The van der Waals surface area contributed by atoms with Crippen molar-refractivity contribution in [1.29, 1.82) is 0 Å². The molecule has 0 atom stereocenters. The van der Waals surface area contributed by atoms with Gasteiger partial charge in [-0.2, -0.15) is 35.4 Å². The molecule has 2 aromatic rings. The Kier molecular flexibility index (Phi) is 18.3. The number of halogens is 2. The van der Waals surface area contributed by atoms with Crippen LogP contribution in [0.5, 0.6) is 0 Å². The molecular weight excluding hydrogens is 583 g/mol. The van der Waals surface area contributed by atoms with Crippen LogP contribution in [0.25, 0.3) is 23.3 Å². The molecule has 0 bridgehead atoms. The van der Waals surface area contributed by atoms with Gasteiger partial charge in [0, 0.05) is 0 Å². The van der Waals surface area contributed by atoms with Crippen molar-refractivity contribution >= 4 is 15.4 Å². The molecule has 0 saturated carbocycles. The van der Waals surface area contributed by atoms with Crippen molar-refractivity contribution in [1.82, 2.24) is 0 Å². The summed E-state index contributed by atoms with van der Waals surface area (Å²) in [5.74, 6) is 0. The molecule has 2 aromatic carbocycles. The average molecular weight is 627 g/mol. The van der Waals surface area contributed by atoms with Gasteiger partial charge in [0.2, 0.25) is 0 Å². The fourth-order valence-corrected chi connectivity index (χ4v) is 5.06. The minimum absolute atomic E-state index is 0. The number of fused-ring (bicyclic) bond motifs is 3. The second kappa shape index (κ2) is 18.9. The third-order valence-electron chi connectivity index (χ3n) is 6.54. The van der Waals surface area contributed by atoms with Crippen molar-refractivity contribution < 1.29 is 49.0 Å². The van der Waals surface area contributed by atoms with Crippen LogP contribution < -0.4 is 24.8 Å². The van der Waals surface area contributed by atoms with E-state index in [-0.39, 0.29) is 24.8 Å². The fourth-order valence-electron chi connectivity index (χ4n) is 4.19. The molecule has 2 aliphatic carbocycles. The van der Waals surface area contributed by atoms with E-state index in [4.69, 9.17) is 0 Å². The molecule has 2 aliphatic rings. The molecule has 4 rings (SSSR count). The normalized spacial score (nSPS) is 12.2. The Labute approximate surface area is 260 Å². The number of hydrogen-bond acceptors (Lipinski definition) is 0. The molecule has 0 nitrogen and oxygen atoms in total. The first kappa shape index (κ1) is 36.7. The maximum atomic E-state index is 3.82. The van der Waals surface area contributed by atoms with Crippen LogP contribution in [0.3, 0.4) is 0 Å². The summed E-state index contributed by atoms with van der Waals surface area (Å²) in [5.41, 5.74) is 9.31. The molecule has 0 saturated heterocycles. The zero-order valence-corrected chi connectivity index (χ0v) is 28.0. The Bertz CT molecular complexity index is 1030. The summed E-state index contributed by atoms with van der Waals surface area (Å²) in [4.78, 5) is 0. The topological polar surface area (TPSA) is 0 Å². The zero-order chi connectivity index (χ0) is 26.6. The van der Waals surface area contributed by atoms with Crippen LogP contribution in [0.4, 0.5) is 0 Å². The third-order valence-corrected chi connectivity index (χ3v) is 7.77. The fraction of sp³-hybridized carbons (Fsp3) is 0.400. The molecule has 3 heteroatoms. The van der Waals surface area contributed by atoms with Crippen LogP contribution in [0.15, 0.2) is 61.2 Å². The Morgan fingerprint density at radius 1 is 0.947 bits per heavy atom. The first-order chi connectivity index (χ1) is 17.2. The van der Waals surface area contributed by atoms with Gasteiger partial charge < -0.3 is 24.8 Å². The largest absolute Gasteiger partial charge is 1.00 e. The van der Waals surface area contributed by atoms with Gasteiger partial charge in [0.25, 0.3) is 0 Å². The second-order valence-electron chi connectivity index (χ2n) is 10.6. The molecule has 0 spiro atoms.